The number of aliphatic carboxylic acids is 1. The Morgan fingerprint density at radius 2 is 2.00 bits per heavy atom. The predicted molar refractivity (Wildman–Crippen MR) is 70.1 cm³/mol. The monoisotopic (exact) mass is 247 g/mol. The number of carboxylic acid groups (broad SMARTS) is 1. The first-order valence-electron chi connectivity index (χ1n) is 5.75. The molecule has 0 saturated heterocycles. The van der Waals surface area contributed by atoms with Gasteiger partial charge < -0.3 is 14.4 Å². The second-order valence-corrected chi connectivity index (χ2v) is 4.94. The van der Waals surface area contributed by atoms with Gasteiger partial charge in [-0.05, 0) is 32.0 Å². The maximum Gasteiger partial charge on any atom is 0.315 e. The Labute approximate surface area is 106 Å². The average Bonchev–Trinajstić information content (AvgIpc) is 2.66. The van der Waals surface area contributed by atoms with Crippen LogP contribution in [0.2, 0.25) is 0 Å². The zero-order chi connectivity index (χ0) is 13.5. The minimum atomic E-state index is -0.916. The Bertz CT molecular complexity index is 611. The van der Waals surface area contributed by atoms with E-state index >= 15 is 0 Å². The molecule has 0 amide bonds. The summed E-state index contributed by atoms with van der Waals surface area (Å²) in [5, 5.41) is 10.3. The summed E-state index contributed by atoms with van der Waals surface area (Å²) in [6.45, 7) is 3.42. The lowest BCUT2D eigenvalue weighted by Crippen LogP contribution is -2.30. The number of hydrogen-bond acceptors (Lipinski definition) is 2. The number of aromatic nitrogens is 1. The van der Waals surface area contributed by atoms with E-state index in [4.69, 9.17) is 4.74 Å². The topological polar surface area (TPSA) is 51.5 Å². The molecule has 0 spiro atoms. The molecule has 0 fully saturated rings. The Morgan fingerprint density at radius 1 is 1.33 bits per heavy atom. The third-order valence-corrected chi connectivity index (χ3v) is 3.43. The Balaban J connectivity index is 2.68. The maximum absolute atomic E-state index is 11.3. The van der Waals surface area contributed by atoms with Crippen molar-refractivity contribution >= 4 is 16.9 Å². The fourth-order valence-corrected chi connectivity index (χ4v) is 2.15. The van der Waals surface area contributed by atoms with Gasteiger partial charge in [0.1, 0.15) is 11.2 Å². The third kappa shape index (κ3) is 1.74. The smallest absolute Gasteiger partial charge is 0.315 e. The maximum atomic E-state index is 11.3. The molecule has 2 aromatic rings. The molecular formula is C14H17NO3. The van der Waals surface area contributed by atoms with Gasteiger partial charge in [-0.1, -0.05) is 0 Å². The first kappa shape index (κ1) is 12.5. The van der Waals surface area contributed by atoms with Crippen molar-refractivity contribution in [3.05, 3.63) is 30.0 Å². The third-order valence-electron chi connectivity index (χ3n) is 3.43. The molecule has 18 heavy (non-hydrogen) atoms. The molecule has 1 aromatic heterocycles. The highest BCUT2D eigenvalue weighted by Crippen LogP contribution is 2.31. The highest BCUT2D eigenvalue weighted by molar-refractivity contribution is 5.87. The van der Waals surface area contributed by atoms with Crippen molar-refractivity contribution in [2.45, 2.75) is 19.3 Å². The Morgan fingerprint density at radius 3 is 2.56 bits per heavy atom. The van der Waals surface area contributed by atoms with Gasteiger partial charge in [0.05, 0.1) is 12.6 Å². The molecule has 0 aliphatic rings. The van der Waals surface area contributed by atoms with Gasteiger partial charge in [0.2, 0.25) is 0 Å². The minimum absolute atomic E-state index is 0.767. The second-order valence-electron chi connectivity index (χ2n) is 4.94. The fraction of sp³-hybridized carbons (Fsp3) is 0.357. The molecule has 1 aromatic carbocycles. The molecule has 0 bridgehead atoms. The molecule has 4 nitrogen and oxygen atoms in total. The fourth-order valence-electron chi connectivity index (χ4n) is 2.15. The van der Waals surface area contributed by atoms with Crippen molar-refractivity contribution in [3.63, 3.8) is 0 Å². The Kier molecular flexibility index (Phi) is 2.81. The van der Waals surface area contributed by atoms with Crippen LogP contribution in [-0.2, 0) is 17.3 Å². The zero-order valence-corrected chi connectivity index (χ0v) is 11.0. The molecule has 0 saturated carbocycles. The molecule has 1 heterocycles. The van der Waals surface area contributed by atoms with Crippen molar-refractivity contribution < 1.29 is 14.6 Å². The molecule has 96 valence electrons. The molecule has 0 atom stereocenters. The van der Waals surface area contributed by atoms with E-state index in [1.165, 1.54) is 0 Å². The van der Waals surface area contributed by atoms with Gasteiger partial charge in [-0.25, -0.2) is 0 Å². The summed E-state index contributed by atoms with van der Waals surface area (Å²) in [6, 6.07) is 7.65. The van der Waals surface area contributed by atoms with E-state index in [1.807, 2.05) is 35.9 Å². The van der Waals surface area contributed by atoms with E-state index in [0.29, 0.717) is 0 Å². The quantitative estimate of drug-likeness (QED) is 0.906. The Hall–Kier alpha value is -1.97. The number of rotatable bonds is 3. The summed E-state index contributed by atoms with van der Waals surface area (Å²) in [6.07, 6.45) is 0. The van der Waals surface area contributed by atoms with Crippen LogP contribution in [0.15, 0.2) is 24.3 Å². The first-order chi connectivity index (χ1) is 8.37. The van der Waals surface area contributed by atoms with Gasteiger partial charge in [-0.15, -0.1) is 0 Å². The summed E-state index contributed by atoms with van der Waals surface area (Å²) in [5.41, 5.74) is 0.831. The average molecular weight is 247 g/mol. The lowest BCUT2D eigenvalue weighted by Gasteiger charge is -2.20. The molecule has 0 unspecified atom stereocenters. The molecule has 4 heteroatoms. The number of benzene rings is 1. The van der Waals surface area contributed by atoms with Crippen LogP contribution in [0.1, 0.15) is 19.5 Å². The molecule has 0 radical (unpaired) electrons. The van der Waals surface area contributed by atoms with E-state index in [9.17, 15) is 9.90 Å². The van der Waals surface area contributed by atoms with E-state index in [-0.39, 0.29) is 0 Å². The molecule has 2 rings (SSSR count). The van der Waals surface area contributed by atoms with Crippen LogP contribution in [0.4, 0.5) is 0 Å². The number of ether oxygens (including phenoxy) is 1. The van der Waals surface area contributed by atoms with E-state index in [0.717, 1.165) is 22.3 Å². The van der Waals surface area contributed by atoms with Crippen molar-refractivity contribution in [1.29, 1.82) is 0 Å². The lowest BCUT2D eigenvalue weighted by atomic mass is 9.89. The number of methoxy groups -OCH3 is 1. The highest BCUT2D eigenvalue weighted by Gasteiger charge is 2.32. The van der Waals surface area contributed by atoms with Crippen LogP contribution in [0.5, 0.6) is 5.75 Å². The van der Waals surface area contributed by atoms with E-state index in [1.54, 1.807) is 21.0 Å². The molecule has 0 aliphatic carbocycles. The van der Waals surface area contributed by atoms with E-state index in [2.05, 4.69) is 0 Å². The SMILES string of the molecule is COc1ccc2cc(C(C)(C)C(=O)O)n(C)c2c1. The number of aryl methyl sites for hydroxylation is 1. The number of carboxylic acids is 1. The van der Waals surface area contributed by atoms with Gasteiger partial charge >= 0.3 is 5.97 Å². The van der Waals surface area contributed by atoms with Crippen LogP contribution >= 0.6 is 0 Å². The first-order valence-corrected chi connectivity index (χ1v) is 5.75. The normalized spacial score (nSPS) is 11.8. The van der Waals surface area contributed by atoms with Crippen molar-refractivity contribution in [2.75, 3.05) is 7.11 Å². The van der Waals surface area contributed by atoms with Gasteiger partial charge in [-0.2, -0.15) is 0 Å². The largest absolute Gasteiger partial charge is 0.497 e. The van der Waals surface area contributed by atoms with Gasteiger partial charge in [0.25, 0.3) is 0 Å². The summed E-state index contributed by atoms with van der Waals surface area (Å²) >= 11 is 0. The van der Waals surface area contributed by atoms with Crippen molar-refractivity contribution in [1.82, 2.24) is 4.57 Å². The number of carbonyl (C=O) groups is 1. The minimum Gasteiger partial charge on any atom is -0.497 e. The van der Waals surface area contributed by atoms with Gasteiger partial charge in [-0.3, -0.25) is 4.79 Å². The number of fused-ring (bicyclic) bond motifs is 1. The van der Waals surface area contributed by atoms with Crippen LogP contribution in [0.25, 0.3) is 10.9 Å². The summed E-state index contributed by atoms with van der Waals surface area (Å²) in [4.78, 5) is 11.3. The standard InChI is InChI=1S/C14H17NO3/c1-14(2,13(16)17)12-7-9-5-6-10(18-4)8-11(9)15(12)3/h5-8H,1-4H3,(H,16,17). The number of nitrogens with zero attached hydrogens (tertiary/aromatic N) is 1. The zero-order valence-electron chi connectivity index (χ0n) is 11.0. The van der Waals surface area contributed by atoms with Gasteiger partial charge in [0, 0.05) is 24.2 Å². The predicted octanol–water partition coefficient (Wildman–Crippen LogP) is 2.55. The van der Waals surface area contributed by atoms with Crippen LogP contribution in [0, 0.1) is 0 Å². The molecular weight excluding hydrogens is 230 g/mol. The summed E-state index contributed by atoms with van der Waals surface area (Å²) in [7, 11) is 3.49. The van der Waals surface area contributed by atoms with Crippen LogP contribution in [0.3, 0.4) is 0 Å². The van der Waals surface area contributed by atoms with Crippen molar-refractivity contribution in [2.24, 2.45) is 7.05 Å². The van der Waals surface area contributed by atoms with Crippen LogP contribution < -0.4 is 4.74 Å². The molecule has 0 aliphatic heterocycles. The van der Waals surface area contributed by atoms with Crippen LogP contribution in [-0.4, -0.2) is 22.8 Å². The summed E-state index contributed by atoms with van der Waals surface area (Å²) in [5.74, 6) is -0.0660. The highest BCUT2D eigenvalue weighted by atomic mass is 16.5. The number of hydrogen-bond donors (Lipinski definition) is 1. The van der Waals surface area contributed by atoms with Gasteiger partial charge in [0.15, 0.2) is 0 Å². The molecule has 1 N–H and O–H groups in total. The second kappa shape index (κ2) is 4.05. The van der Waals surface area contributed by atoms with E-state index < -0.39 is 11.4 Å². The van der Waals surface area contributed by atoms with Crippen molar-refractivity contribution in [3.8, 4) is 5.75 Å². The summed E-state index contributed by atoms with van der Waals surface area (Å²) < 4.78 is 7.10. The lowest BCUT2D eigenvalue weighted by molar-refractivity contribution is -0.142.